The predicted octanol–water partition coefficient (Wildman–Crippen LogP) is 2.95. The lowest BCUT2D eigenvalue weighted by Crippen LogP contribution is -2.34. The molecule has 0 spiro atoms. The summed E-state index contributed by atoms with van der Waals surface area (Å²) in [4.78, 5) is 6.35. The van der Waals surface area contributed by atoms with Gasteiger partial charge < -0.3 is 4.90 Å². The molecule has 6 heteroatoms. The third-order valence-corrected chi connectivity index (χ3v) is 3.39. The molecule has 2 rings (SSSR count). The molecule has 0 radical (unpaired) electrons. The maximum absolute atomic E-state index is 6.01. The molecule has 16 heavy (non-hydrogen) atoms. The van der Waals surface area contributed by atoms with Crippen LogP contribution in [0, 0.1) is 0 Å². The molecule has 0 atom stereocenters. The summed E-state index contributed by atoms with van der Waals surface area (Å²) >= 11 is 11.8. The van der Waals surface area contributed by atoms with Gasteiger partial charge in [-0.1, -0.05) is 24.4 Å². The summed E-state index contributed by atoms with van der Waals surface area (Å²) in [6.07, 6.45) is 4.91. The van der Waals surface area contributed by atoms with Crippen LogP contribution in [0.2, 0.25) is 10.4 Å². The smallest absolute Gasteiger partial charge is 0.245 e. The van der Waals surface area contributed by atoms with Gasteiger partial charge in [-0.25, -0.2) is 0 Å². The zero-order valence-corrected chi connectivity index (χ0v) is 10.7. The zero-order chi connectivity index (χ0) is 11.5. The highest BCUT2D eigenvalue weighted by molar-refractivity contribution is 6.32. The molecule has 0 amide bonds. The summed E-state index contributed by atoms with van der Waals surface area (Å²) in [5.74, 6) is 0.663. The maximum Gasteiger partial charge on any atom is 0.245 e. The molecule has 88 valence electrons. The van der Waals surface area contributed by atoms with Crippen molar-refractivity contribution in [1.82, 2.24) is 15.2 Å². The number of nitrogens with zero attached hydrogens (tertiary/aromatic N) is 4. The van der Waals surface area contributed by atoms with Crippen LogP contribution >= 0.6 is 23.2 Å². The van der Waals surface area contributed by atoms with E-state index in [-0.39, 0.29) is 5.28 Å². The van der Waals surface area contributed by atoms with Crippen LogP contribution in [-0.4, -0.2) is 27.8 Å². The van der Waals surface area contributed by atoms with Crippen molar-refractivity contribution in [2.24, 2.45) is 0 Å². The molecule has 1 fully saturated rings. The van der Waals surface area contributed by atoms with Crippen molar-refractivity contribution < 1.29 is 0 Å². The van der Waals surface area contributed by atoms with Crippen LogP contribution in [0.4, 0.5) is 5.82 Å². The first kappa shape index (κ1) is 11.9. The summed E-state index contributed by atoms with van der Waals surface area (Å²) in [5, 5.41) is 7.91. The second-order valence-electron chi connectivity index (χ2n) is 3.92. The molecule has 0 N–H and O–H groups in total. The second kappa shape index (κ2) is 5.15. The average molecular weight is 261 g/mol. The van der Waals surface area contributed by atoms with E-state index in [4.69, 9.17) is 23.2 Å². The largest absolute Gasteiger partial charge is 0.351 e. The van der Waals surface area contributed by atoms with Crippen LogP contribution in [-0.2, 0) is 0 Å². The molecule has 1 aliphatic carbocycles. The van der Waals surface area contributed by atoms with Crippen molar-refractivity contribution in [3.63, 3.8) is 0 Å². The highest BCUT2D eigenvalue weighted by Gasteiger charge is 2.25. The van der Waals surface area contributed by atoms with Crippen molar-refractivity contribution in [2.45, 2.75) is 38.6 Å². The number of hydrogen-bond acceptors (Lipinski definition) is 4. The Hall–Kier alpha value is -0.610. The predicted molar refractivity (Wildman–Crippen MR) is 65.1 cm³/mol. The number of anilines is 1. The lowest BCUT2D eigenvalue weighted by molar-refractivity contribution is 0.610. The monoisotopic (exact) mass is 260 g/mol. The summed E-state index contributed by atoms with van der Waals surface area (Å²) in [5.41, 5.74) is 0. The molecule has 4 nitrogen and oxygen atoms in total. The standard InChI is InChI=1S/C10H14Cl2N4/c1-2-16(7-5-3-4-6-7)9-8(11)14-15-10(12)13-9/h7H,2-6H2,1H3. The van der Waals surface area contributed by atoms with E-state index < -0.39 is 0 Å². The number of hydrogen-bond donors (Lipinski definition) is 0. The van der Waals surface area contributed by atoms with Gasteiger partial charge in [-0.05, 0) is 31.4 Å². The van der Waals surface area contributed by atoms with E-state index in [1.54, 1.807) is 0 Å². The minimum absolute atomic E-state index is 0.149. The molecule has 1 saturated carbocycles. The Morgan fingerprint density at radius 1 is 1.25 bits per heavy atom. The Labute approximate surface area is 105 Å². The van der Waals surface area contributed by atoms with E-state index in [9.17, 15) is 0 Å². The lowest BCUT2D eigenvalue weighted by atomic mass is 10.2. The minimum Gasteiger partial charge on any atom is -0.351 e. The highest BCUT2D eigenvalue weighted by Crippen LogP contribution is 2.30. The van der Waals surface area contributed by atoms with E-state index >= 15 is 0 Å². The molecule has 0 saturated heterocycles. The summed E-state index contributed by atoms with van der Waals surface area (Å²) in [6.45, 7) is 2.95. The lowest BCUT2D eigenvalue weighted by Gasteiger charge is -2.28. The van der Waals surface area contributed by atoms with Crippen LogP contribution in [0.1, 0.15) is 32.6 Å². The fourth-order valence-corrected chi connectivity index (χ4v) is 2.57. The van der Waals surface area contributed by atoms with Gasteiger partial charge in [0.1, 0.15) is 0 Å². The van der Waals surface area contributed by atoms with Crippen molar-refractivity contribution >= 4 is 29.0 Å². The van der Waals surface area contributed by atoms with Crippen LogP contribution in [0.5, 0.6) is 0 Å². The first-order chi connectivity index (χ1) is 7.72. The molecule has 0 aliphatic heterocycles. The van der Waals surface area contributed by atoms with E-state index in [0.717, 1.165) is 6.54 Å². The quantitative estimate of drug-likeness (QED) is 0.838. The van der Waals surface area contributed by atoms with Crippen LogP contribution in [0.15, 0.2) is 0 Å². The van der Waals surface area contributed by atoms with Gasteiger partial charge in [0.05, 0.1) is 0 Å². The van der Waals surface area contributed by atoms with Gasteiger partial charge >= 0.3 is 0 Å². The van der Waals surface area contributed by atoms with Gasteiger partial charge in [-0.2, -0.15) is 4.98 Å². The van der Waals surface area contributed by atoms with Gasteiger partial charge in [0.15, 0.2) is 11.0 Å². The van der Waals surface area contributed by atoms with E-state index in [1.807, 2.05) is 0 Å². The van der Waals surface area contributed by atoms with Crippen LogP contribution < -0.4 is 4.90 Å². The minimum atomic E-state index is 0.149. The third-order valence-electron chi connectivity index (χ3n) is 2.98. The van der Waals surface area contributed by atoms with Gasteiger partial charge in [0.25, 0.3) is 0 Å². The zero-order valence-electron chi connectivity index (χ0n) is 9.16. The van der Waals surface area contributed by atoms with Gasteiger partial charge in [-0.15, -0.1) is 10.2 Å². The summed E-state index contributed by atoms with van der Waals surface area (Å²) in [6, 6.07) is 0.510. The molecule has 1 aliphatic rings. The first-order valence-corrected chi connectivity index (χ1v) is 6.30. The number of rotatable bonds is 3. The normalized spacial score (nSPS) is 16.7. The Morgan fingerprint density at radius 3 is 2.56 bits per heavy atom. The third kappa shape index (κ3) is 2.38. The van der Waals surface area contributed by atoms with Crippen molar-refractivity contribution in [2.75, 3.05) is 11.4 Å². The van der Waals surface area contributed by atoms with E-state index in [0.29, 0.717) is 17.0 Å². The Bertz CT molecular complexity index is 366. The number of halogens is 2. The fraction of sp³-hybridized carbons (Fsp3) is 0.700. The number of aromatic nitrogens is 3. The Morgan fingerprint density at radius 2 is 1.94 bits per heavy atom. The molecule has 1 aromatic heterocycles. The highest BCUT2D eigenvalue weighted by atomic mass is 35.5. The maximum atomic E-state index is 6.01. The fourth-order valence-electron chi connectivity index (χ4n) is 2.27. The molecule has 0 bridgehead atoms. The topological polar surface area (TPSA) is 41.9 Å². The first-order valence-electron chi connectivity index (χ1n) is 5.54. The van der Waals surface area contributed by atoms with Gasteiger partial charge in [0.2, 0.25) is 5.28 Å². The van der Waals surface area contributed by atoms with Gasteiger partial charge in [0, 0.05) is 12.6 Å². The molecule has 0 unspecified atom stereocenters. The Kier molecular flexibility index (Phi) is 3.82. The van der Waals surface area contributed by atoms with Crippen molar-refractivity contribution in [1.29, 1.82) is 0 Å². The molecule has 1 aromatic rings. The van der Waals surface area contributed by atoms with Crippen molar-refractivity contribution in [3.05, 3.63) is 10.4 Å². The summed E-state index contributed by atoms with van der Waals surface area (Å²) < 4.78 is 0. The molecule has 1 heterocycles. The van der Waals surface area contributed by atoms with Crippen molar-refractivity contribution in [3.8, 4) is 0 Å². The average Bonchev–Trinajstić information content (AvgIpc) is 2.78. The van der Waals surface area contributed by atoms with Gasteiger partial charge in [-0.3, -0.25) is 0 Å². The molecule has 0 aromatic carbocycles. The SMILES string of the molecule is CCN(c1nc(Cl)nnc1Cl)C1CCCC1. The van der Waals surface area contributed by atoms with E-state index in [1.165, 1.54) is 25.7 Å². The Balaban J connectivity index is 2.28. The second-order valence-corrected chi connectivity index (χ2v) is 4.62. The molecular weight excluding hydrogens is 247 g/mol. The van der Waals surface area contributed by atoms with Crippen LogP contribution in [0.25, 0.3) is 0 Å². The van der Waals surface area contributed by atoms with E-state index in [2.05, 4.69) is 27.0 Å². The van der Waals surface area contributed by atoms with Crippen LogP contribution in [0.3, 0.4) is 0 Å². The summed E-state index contributed by atoms with van der Waals surface area (Å²) in [7, 11) is 0. The molecular formula is C10H14Cl2N4.